The fraction of sp³-hybridized carbons (Fsp3) is 0.429. The molecule has 5 heteroatoms. The number of nitrogens with one attached hydrogen (secondary N) is 1. The Hall–Kier alpha value is -1.72. The Morgan fingerprint density at radius 1 is 1.32 bits per heavy atom. The monoisotopic (exact) mass is 258 g/mol. The van der Waals surface area contributed by atoms with Gasteiger partial charge in [-0.05, 0) is 12.6 Å². The minimum Gasteiger partial charge on any atom is -0.338 e. The number of likely N-dealkylation sites (N-methyl/N-ethyl adjacent to an activating group) is 1. The predicted molar refractivity (Wildman–Crippen MR) is 71.7 cm³/mol. The number of hydrogen-bond donors (Lipinski definition) is 1. The highest BCUT2D eigenvalue weighted by Crippen LogP contribution is 2.10. The molecule has 2 aromatic rings. The Kier molecular flexibility index (Phi) is 3.57. The molecule has 5 nitrogen and oxygen atoms in total. The molecular formula is C14H18N4O. The first-order chi connectivity index (χ1) is 9.31. The van der Waals surface area contributed by atoms with Gasteiger partial charge in [0.15, 0.2) is 5.82 Å². The van der Waals surface area contributed by atoms with Crippen LogP contribution in [0.3, 0.4) is 0 Å². The van der Waals surface area contributed by atoms with Gasteiger partial charge in [-0.3, -0.25) is 4.90 Å². The molecule has 0 bridgehead atoms. The largest absolute Gasteiger partial charge is 0.338 e. The molecule has 0 atom stereocenters. The molecule has 0 saturated carbocycles. The highest BCUT2D eigenvalue weighted by Gasteiger charge is 2.22. The Bertz CT molecular complexity index is 521. The lowest BCUT2D eigenvalue weighted by Gasteiger charge is -2.34. The minimum atomic E-state index is 0.587. The molecule has 100 valence electrons. The first-order valence-corrected chi connectivity index (χ1v) is 6.57. The van der Waals surface area contributed by atoms with Crippen molar-refractivity contribution in [2.75, 3.05) is 20.1 Å². The molecule has 0 unspecified atom stereocenters. The topological polar surface area (TPSA) is 54.2 Å². The van der Waals surface area contributed by atoms with Gasteiger partial charge < -0.3 is 9.84 Å². The summed E-state index contributed by atoms with van der Waals surface area (Å²) in [6.45, 7) is 2.80. The zero-order chi connectivity index (χ0) is 13.1. The average Bonchev–Trinajstić information content (AvgIpc) is 2.75. The molecule has 1 aliphatic rings. The lowest BCUT2D eigenvalue weighted by molar-refractivity contribution is 0.155. The lowest BCUT2D eigenvalue weighted by atomic mass is 10.1. The molecule has 0 aliphatic carbocycles. The van der Waals surface area contributed by atoms with E-state index in [2.05, 4.69) is 39.5 Å². The minimum absolute atomic E-state index is 0.587. The molecule has 0 amide bonds. The fourth-order valence-corrected chi connectivity index (χ4v) is 2.13. The number of aromatic nitrogens is 2. The van der Waals surface area contributed by atoms with E-state index in [1.54, 1.807) is 0 Å². The second-order valence-corrected chi connectivity index (χ2v) is 4.99. The summed E-state index contributed by atoms with van der Waals surface area (Å²) in [6, 6.07) is 10.8. The predicted octanol–water partition coefficient (Wildman–Crippen LogP) is 1.06. The van der Waals surface area contributed by atoms with Crippen LogP contribution in [-0.4, -0.2) is 41.2 Å². The summed E-state index contributed by atoms with van der Waals surface area (Å²) >= 11 is 0. The van der Waals surface area contributed by atoms with Crippen molar-refractivity contribution in [3.8, 4) is 0 Å². The van der Waals surface area contributed by atoms with Crippen molar-refractivity contribution in [2.45, 2.75) is 19.0 Å². The van der Waals surface area contributed by atoms with E-state index >= 15 is 0 Å². The van der Waals surface area contributed by atoms with Crippen LogP contribution in [0.15, 0.2) is 34.9 Å². The van der Waals surface area contributed by atoms with Crippen LogP contribution in [0.25, 0.3) is 0 Å². The summed E-state index contributed by atoms with van der Waals surface area (Å²) in [5.74, 6) is 1.45. The van der Waals surface area contributed by atoms with E-state index in [1.165, 1.54) is 5.56 Å². The quantitative estimate of drug-likeness (QED) is 0.869. The van der Waals surface area contributed by atoms with Gasteiger partial charge >= 0.3 is 0 Å². The zero-order valence-electron chi connectivity index (χ0n) is 11.0. The van der Waals surface area contributed by atoms with Crippen LogP contribution in [0.1, 0.15) is 17.3 Å². The second kappa shape index (κ2) is 5.50. The van der Waals surface area contributed by atoms with Crippen LogP contribution >= 0.6 is 0 Å². The van der Waals surface area contributed by atoms with Crippen LogP contribution in [0.2, 0.25) is 0 Å². The third-order valence-electron chi connectivity index (χ3n) is 3.48. The van der Waals surface area contributed by atoms with Crippen molar-refractivity contribution in [3.63, 3.8) is 0 Å². The highest BCUT2D eigenvalue weighted by atomic mass is 16.5. The summed E-state index contributed by atoms with van der Waals surface area (Å²) in [5.41, 5.74) is 1.20. The third-order valence-corrected chi connectivity index (χ3v) is 3.48. The maximum absolute atomic E-state index is 5.30. The smallest absolute Gasteiger partial charge is 0.240 e. The number of hydrogen-bond acceptors (Lipinski definition) is 5. The molecule has 1 aromatic carbocycles. The molecule has 1 aromatic heterocycles. The van der Waals surface area contributed by atoms with Crippen molar-refractivity contribution in [2.24, 2.45) is 0 Å². The van der Waals surface area contributed by atoms with Gasteiger partial charge in [0.25, 0.3) is 0 Å². The lowest BCUT2D eigenvalue weighted by Crippen LogP contribution is -2.55. The van der Waals surface area contributed by atoms with Gasteiger partial charge in [0.2, 0.25) is 5.89 Å². The molecule has 1 saturated heterocycles. The average molecular weight is 258 g/mol. The van der Waals surface area contributed by atoms with E-state index < -0.39 is 0 Å². The van der Waals surface area contributed by atoms with Crippen LogP contribution in [0.4, 0.5) is 0 Å². The van der Waals surface area contributed by atoms with Crippen LogP contribution in [-0.2, 0) is 13.0 Å². The molecule has 1 fully saturated rings. The van der Waals surface area contributed by atoms with E-state index in [-0.39, 0.29) is 0 Å². The summed E-state index contributed by atoms with van der Waals surface area (Å²) in [7, 11) is 2.09. The van der Waals surface area contributed by atoms with Gasteiger partial charge in [0.1, 0.15) is 0 Å². The summed E-state index contributed by atoms with van der Waals surface area (Å²) < 4.78 is 5.30. The first-order valence-electron chi connectivity index (χ1n) is 6.57. The van der Waals surface area contributed by atoms with Gasteiger partial charge in [-0.15, -0.1) is 0 Å². The van der Waals surface area contributed by atoms with Crippen LogP contribution < -0.4 is 5.32 Å². The normalized spacial score (nSPS) is 15.7. The molecule has 2 heterocycles. The second-order valence-electron chi connectivity index (χ2n) is 4.99. The number of benzene rings is 1. The van der Waals surface area contributed by atoms with Crippen molar-refractivity contribution in [1.82, 2.24) is 20.4 Å². The third kappa shape index (κ3) is 3.00. The molecule has 0 spiro atoms. The summed E-state index contributed by atoms with van der Waals surface area (Å²) in [5, 5.41) is 7.30. The first kappa shape index (κ1) is 12.3. The Morgan fingerprint density at radius 3 is 2.79 bits per heavy atom. The Labute approximate surface area is 112 Å². The summed E-state index contributed by atoms with van der Waals surface area (Å²) in [4.78, 5) is 6.69. The van der Waals surface area contributed by atoms with Gasteiger partial charge in [-0.25, -0.2) is 0 Å². The van der Waals surface area contributed by atoms with Crippen molar-refractivity contribution >= 4 is 0 Å². The zero-order valence-corrected chi connectivity index (χ0v) is 11.0. The van der Waals surface area contributed by atoms with E-state index in [0.717, 1.165) is 25.3 Å². The molecule has 1 aliphatic heterocycles. The summed E-state index contributed by atoms with van der Waals surface area (Å²) in [6.07, 6.45) is 0.721. The Morgan fingerprint density at radius 2 is 2.11 bits per heavy atom. The van der Waals surface area contributed by atoms with E-state index in [4.69, 9.17) is 4.52 Å². The number of nitrogens with zero attached hydrogens (tertiary/aromatic N) is 3. The van der Waals surface area contributed by atoms with E-state index in [9.17, 15) is 0 Å². The van der Waals surface area contributed by atoms with Gasteiger partial charge in [-0.1, -0.05) is 35.5 Å². The fourth-order valence-electron chi connectivity index (χ4n) is 2.13. The van der Waals surface area contributed by atoms with Crippen molar-refractivity contribution in [3.05, 3.63) is 47.6 Å². The van der Waals surface area contributed by atoms with Crippen LogP contribution in [0.5, 0.6) is 0 Å². The van der Waals surface area contributed by atoms with Gasteiger partial charge in [0.05, 0.1) is 6.54 Å². The maximum atomic E-state index is 5.30. The standard InChI is InChI=1S/C14H18N4O/c1-18(12-8-15-9-12)10-14-16-13(17-19-14)7-11-5-3-2-4-6-11/h2-6,12,15H,7-10H2,1H3. The maximum Gasteiger partial charge on any atom is 0.240 e. The van der Waals surface area contributed by atoms with Crippen molar-refractivity contribution in [1.29, 1.82) is 0 Å². The molecular weight excluding hydrogens is 240 g/mol. The molecule has 1 N–H and O–H groups in total. The van der Waals surface area contributed by atoms with Crippen LogP contribution in [0, 0.1) is 0 Å². The SMILES string of the molecule is CN(Cc1nc(Cc2ccccc2)no1)C1CNC1. The molecule has 19 heavy (non-hydrogen) atoms. The van der Waals surface area contributed by atoms with Crippen molar-refractivity contribution < 1.29 is 4.52 Å². The highest BCUT2D eigenvalue weighted by molar-refractivity contribution is 5.18. The molecule has 0 radical (unpaired) electrons. The number of rotatable bonds is 5. The Balaban J connectivity index is 1.59. The van der Waals surface area contributed by atoms with Gasteiger partial charge in [0, 0.05) is 25.6 Å². The van der Waals surface area contributed by atoms with E-state index in [0.29, 0.717) is 18.5 Å². The van der Waals surface area contributed by atoms with E-state index in [1.807, 2.05) is 18.2 Å². The van der Waals surface area contributed by atoms with Gasteiger partial charge in [-0.2, -0.15) is 4.98 Å². The molecule has 3 rings (SSSR count).